The van der Waals surface area contributed by atoms with Crippen molar-refractivity contribution in [1.82, 2.24) is 15.0 Å². The van der Waals surface area contributed by atoms with Gasteiger partial charge in [0.25, 0.3) is 0 Å². The van der Waals surface area contributed by atoms with Crippen molar-refractivity contribution in [2.24, 2.45) is 0 Å². The van der Waals surface area contributed by atoms with Crippen LogP contribution in [0, 0.1) is 13.5 Å². The van der Waals surface area contributed by atoms with Crippen molar-refractivity contribution in [3.05, 3.63) is 94.7 Å². The van der Waals surface area contributed by atoms with Gasteiger partial charge in [-0.05, 0) is 41.3 Å². The Kier molecular flexibility index (Phi) is 4.54. The van der Waals surface area contributed by atoms with Gasteiger partial charge < -0.3 is 10.3 Å². The van der Waals surface area contributed by atoms with Gasteiger partial charge in [0, 0.05) is 36.9 Å². The molecule has 0 atom stereocenters. The number of pyridine rings is 2. The molecule has 5 heteroatoms. The molecule has 132 valence electrons. The molecule has 0 aliphatic rings. The third-order valence-electron chi connectivity index (χ3n) is 4.67. The van der Waals surface area contributed by atoms with Crippen molar-refractivity contribution in [2.75, 3.05) is 5.32 Å². The van der Waals surface area contributed by atoms with Crippen molar-refractivity contribution in [3.8, 4) is 0 Å². The summed E-state index contributed by atoms with van der Waals surface area (Å²) >= 11 is 0. The van der Waals surface area contributed by atoms with Gasteiger partial charge in [-0.25, -0.2) is 9.83 Å². The Balaban J connectivity index is 1.47. The number of nitrogens with zero attached hydrogens (tertiary/aromatic N) is 3. The number of hydrogen-bond acceptors (Lipinski definition) is 3. The minimum atomic E-state index is 0.553. The van der Waals surface area contributed by atoms with Crippen LogP contribution in [0.4, 0.5) is 11.5 Å². The van der Waals surface area contributed by atoms with Crippen molar-refractivity contribution < 1.29 is 0 Å². The van der Waals surface area contributed by atoms with Crippen molar-refractivity contribution in [2.45, 2.75) is 19.9 Å². The number of hydrogen-bond donors (Lipinski definition) is 2. The average molecular weight is 353 g/mol. The highest BCUT2D eigenvalue weighted by Crippen LogP contribution is 2.24. The molecule has 0 unspecified atom stereocenters. The minimum Gasteiger partial charge on any atom is -0.366 e. The van der Waals surface area contributed by atoms with Crippen molar-refractivity contribution in [3.63, 3.8) is 0 Å². The highest BCUT2D eigenvalue weighted by Gasteiger charge is 2.07. The van der Waals surface area contributed by atoms with Crippen LogP contribution in [0.3, 0.4) is 0 Å². The lowest BCUT2D eigenvalue weighted by Gasteiger charge is -2.09. The summed E-state index contributed by atoms with van der Waals surface area (Å²) < 4.78 is 0. The fourth-order valence-corrected chi connectivity index (χ4v) is 3.10. The summed E-state index contributed by atoms with van der Waals surface area (Å²) in [4.78, 5) is 15.5. The summed E-state index contributed by atoms with van der Waals surface area (Å²) in [6.07, 6.45) is 6.18. The van der Waals surface area contributed by atoms with E-state index in [0.717, 1.165) is 40.9 Å². The third-order valence-corrected chi connectivity index (χ3v) is 4.67. The van der Waals surface area contributed by atoms with Crippen LogP contribution in [0.15, 0.2) is 61.1 Å². The van der Waals surface area contributed by atoms with E-state index in [1.807, 2.05) is 30.6 Å². The fraction of sp³-hybridized carbons (Fsp3) is 0.136. The van der Waals surface area contributed by atoms with Gasteiger partial charge >= 0.3 is 0 Å². The molecule has 0 amide bonds. The third kappa shape index (κ3) is 3.65. The van der Waals surface area contributed by atoms with Crippen molar-refractivity contribution >= 4 is 22.5 Å². The highest BCUT2D eigenvalue weighted by atomic mass is 15.0. The summed E-state index contributed by atoms with van der Waals surface area (Å²) in [5.41, 5.74) is 6.13. The van der Waals surface area contributed by atoms with Crippen LogP contribution >= 0.6 is 0 Å². The second-order valence-electron chi connectivity index (χ2n) is 6.52. The standard InChI is InChI=1S/C22H19N5/c1-15-5-3-4-6-17(15)12-25-21-8-7-16(11-24-21)9-18-13-26-22-20(18)10-19(23-2)14-27-22/h3-8,10-11,13-14H,9,12H2,1H3,(H,24,25)(H,26,27). The van der Waals surface area contributed by atoms with E-state index in [9.17, 15) is 0 Å². The molecule has 0 fully saturated rings. The Bertz CT molecular complexity index is 1120. The maximum Gasteiger partial charge on any atom is 0.205 e. The van der Waals surface area contributed by atoms with Crippen LogP contribution < -0.4 is 5.32 Å². The van der Waals surface area contributed by atoms with Crippen LogP contribution in [-0.2, 0) is 13.0 Å². The van der Waals surface area contributed by atoms with Gasteiger partial charge in [0.15, 0.2) is 0 Å². The highest BCUT2D eigenvalue weighted by molar-refractivity contribution is 5.83. The second-order valence-corrected chi connectivity index (χ2v) is 6.52. The zero-order valence-corrected chi connectivity index (χ0v) is 15.0. The van der Waals surface area contributed by atoms with E-state index in [0.29, 0.717) is 5.69 Å². The molecule has 3 aromatic heterocycles. The van der Waals surface area contributed by atoms with Crippen LogP contribution in [0.2, 0.25) is 0 Å². The van der Waals surface area contributed by atoms with Crippen LogP contribution in [-0.4, -0.2) is 15.0 Å². The molecular formula is C22H19N5. The molecule has 5 nitrogen and oxygen atoms in total. The maximum atomic E-state index is 7.16. The van der Waals surface area contributed by atoms with E-state index in [1.165, 1.54) is 11.1 Å². The van der Waals surface area contributed by atoms with E-state index in [2.05, 4.69) is 56.3 Å². The molecule has 0 aliphatic heterocycles. The lowest BCUT2D eigenvalue weighted by Crippen LogP contribution is -2.03. The van der Waals surface area contributed by atoms with Gasteiger partial charge in [0.1, 0.15) is 11.5 Å². The van der Waals surface area contributed by atoms with E-state index in [-0.39, 0.29) is 0 Å². The SMILES string of the molecule is [C-]#[N+]c1cnc2[nH]cc(Cc3ccc(NCc4ccccc4C)nc3)c2c1. The number of aromatic nitrogens is 3. The predicted molar refractivity (Wildman–Crippen MR) is 108 cm³/mol. The van der Waals surface area contributed by atoms with Gasteiger partial charge in [-0.2, -0.15) is 0 Å². The number of anilines is 1. The minimum absolute atomic E-state index is 0.553. The topological polar surface area (TPSA) is 58.0 Å². The first-order valence-corrected chi connectivity index (χ1v) is 8.80. The average Bonchev–Trinajstić information content (AvgIpc) is 3.10. The fourth-order valence-electron chi connectivity index (χ4n) is 3.10. The first-order chi connectivity index (χ1) is 13.2. The normalized spacial score (nSPS) is 10.7. The van der Waals surface area contributed by atoms with Crippen LogP contribution in [0.5, 0.6) is 0 Å². The van der Waals surface area contributed by atoms with Gasteiger partial charge in [-0.1, -0.05) is 30.3 Å². The number of H-pyrrole nitrogens is 1. The summed E-state index contributed by atoms with van der Waals surface area (Å²) in [5.74, 6) is 0.859. The Morgan fingerprint density at radius 1 is 1.07 bits per heavy atom. The van der Waals surface area contributed by atoms with Crippen LogP contribution in [0.25, 0.3) is 15.9 Å². The zero-order chi connectivity index (χ0) is 18.6. The molecule has 3 heterocycles. The lowest BCUT2D eigenvalue weighted by molar-refractivity contribution is 1.08. The molecule has 0 bridgehead atoms. The first kappa shape index (κ1) is 16.8. The number of aromatic amines is 1. The van der Waals surface area contributed by atoms with Gasteiger partial charge in [-0.15, -0.1) is 0 Å². The smallest absolute Gasteiger partial charge is 0.205 e. The molecule has 0 aliphatic carbocycles. The molecule has 0 saturated carbocycles. The largest absolute Gasteiger partial charge is 0.366 e. The molecule has 27 heavy (non-hydrogen) atoms. The summed E-state index contributed by atoms with van der Waals surface area (Å²) in [6.45, 7) is 10.0. The van der Waals surface area contributed by atoms with Gasteiger partial charge in [0.2, 0.25) is 5.69 Å². The molecule has 0 radical (unpaired) electrons. The molecule has 0 spiro atoms. The number of fused-ring (bicyclic) bond motifs is 1. The lowest BCUT2D eigenvalue weighted by atomic mass is 10.1. The van der Waals surface area contributed by atoms with Crippen molar-refractivity contribution in [1.29, 1.82) is 0 Å². The Morgan fingerprint density at radius 2 is 1.96 bits per heavy atom. The van der Waals surface area contributed by atoms with E-state index >= 15 is 0 Å². The maximum absolute atomic E-state index is 7.16. The molecule has 1 aromatic carbocycles. The number of benzene rings is 1. The van der Waals surface area contributed by atoms with Gasteiger partial charge in [-0.3, -0.25) is 4.98 Å². The number of rotatable bonds is 5. The molecular weight excluding hydrogens is 334 g/mol. The van der Waals surface area contributed by atoms with E-state index < -0.39 is 0 Å². The Hall–Kier alpha value is -3.65. The van der Waals surface area contributed by atoms with E-state index in [1.54, 1.807) is 6.20 Å². The first-order valence-electron chi connectivity index (χ1n) is 8.80. The summed E-state index contributed by atoms with van der Waals surface area (Å²) in [6, 6.07) is 14.3. The van der Waals surface area contributed by atoms with Gasteiger partial charge in [0.05, 0.1) is 6.57 Å². The van der Waals surface area contributed by atoms with E-state index in [4.69, 9.17) is 6.57 Å². The molecule has 4 rings (SSSR count). The Morgan fingerprint density at radius 3 is 2.74 bits per heavy atom. The Labute approximate surface area is 157 Å². The molecule has 4 aromatic rings. The number of aryl methyl sites for hydroxylation is 1. The predicted octanol–water partition coefficient (Wildman–Crippen LogP) is 5.02. The monoisotopic (exact) mass is 353 g/mol. The second kappa shape index (κ2) is 7.30. The quantitative estimate of drug-likeness (QED) is 0.495. The number of nitrogens with one attached hydrogen (secondary N) is 2. The zero-order valence-electron chi connectivity index (χ0n) is 15.0. The summed E-state index contributed by atoms with van der Waals surface area (Å²) in [7, 11) is 0. The van der Waals surface area contributed by atoms with Crippen LogP contribution in [0.1, 0.15) is 22.3 Å². The molecule has 0 saturated heterocycles. The molecule has 2 N–H and O–H groups in total. The summed E-state index contributed by atoms with van der Waals surface area (Å²) in [5, 5.41) is 4.36.